The molecule has 1 aliphatic rings. The molecule has 0 bridgehead atoms. The molecule has 0 spiro atoms. The SMILES string of the molecule is Cc1ccc(C2CC(=O)C(C)(C)O2)cc1. The van der Waals surface area contributed by atoms with Gasteiger partial charge in [-0.15, -0.1) is 0 Å². The predicted octanol–water partition coefficient (Wildman–Crippen LogP) is 2.80. The predicted molar refractivity (Wildman–Crippen MR) is 58.7 cm³/mol. The first-order valence-electron chi connectivity index (χ1n) is 5.27. The van der Waals surface area contributed by atoms with Gasteiger partial charge in [0.2, 0.25) is 0 Å². The summed E-state index contributed by atoms with van der Waals surface area (Å²) < 4.78 is 5.74. The molecule has 1 unspecified atom stereocenters. The van der Waals surface area contributed by atoms with Crippen LogP contribution in [0.2, 0.25) is 0 Å². The number of Topliss-reactive ketones (excluding diaryl/α,β-unsaturated/α-hetero) is 1. The van der Waals surface area contributed by atoms with Crippen molar-refractivity contribution < 1.29 is 9.53 Å². The summed E-state index contributed by atoms with van der Waals surface area (Å²) in [7, 11) is 0. The van der Waals surface area contributed by atoms with Crippen LogP contribution in [-0.4, -0.2) is 11.4 Å². The Morgan fingerprint density at radius 3 is 2.33 bits per heavy atom. The van der Waals surface area contributed by atoms with Crippen molar-refractivity contribution in [2.24, 2.45) is 0 Å². The van der Waals surface area contributed by atoms with E-state index in [1.807, 2.05) is 32.9 Å². The topological polar surface area (TPSA) is 26.3 Å². The van der Waals surface area contributed by atoms with E-state index in [1.54, 1.807) is 0 Å². The van der Waals surface area contributed by atoms with Gasteiger partial charge in [0.05, 0.1) is 6.10 Å². The number of carbonyl (C=O) groups excluding carboxylic acids is 1. The van der Waals surface area contributed by atoms with E-state index < -0.39 is 5.60 Å². The molecule has 0 aliphatic carbocycles. The first kappa shape index (κ1) is 10.4. The summed E-state index contributed by atoms with van der Waals surface area (Å²) in [5.74, 6) is 0.188. The number of benzene rings is 1. The second-order valence-electron chi connectivity index (χ2n) is 4.65. The summed E-state index contributed by atoms with van der Waals surface area (Å²) in [5.41, 5.74) is 1.71. The zero-order chi connectivity index (χ0) is 11.1. The smallest absolute Gasteiger partial charge is 0.167 e. The molecule has 0 radical (unpaired) electrons. The molecule has 0 amide bonds. The van der Waals surface area contributed by atoms with Crippen LogP contribution in [0, 0.1) is 6.92 Å². The molecular formula is C13H16O2. The van der Waals surface area contributed by atoms with Crippen LogP contribution in [0.25, 0.3) is 0 Å². The third kappa shape index (κ3) is 1.95. The van der Waals surface area contributed by atoms with E-state index >= 15 is 0 Å². The van der Waals surface area contributed by atoms with E-state index in [4.69, 9.17) is 4.74 Å². The van der Waals surface area contributed by atoms with E-state index in [9.17, 15) is 4.79 Å². The highest BCUT2D eigenvalue weighted by atomic mass is 16.5. The third-order valence-electron chi connectivity index (χ3n) is 2.93. The van der Waals surface area contributed by atoms with Gasteiger partial charge in [0.1, 0.15) is 5.60 Å². The van der Waals surface area contributed by atoms with Crippen molar-refractivity contribution in [3.05, 3.63) is 35.4 Å². The molecule has 2 nitrogen and oxygen atoms in total. The largest absolute Gasteiger partial charge is 0.359 e. The quantitative estimate of drug-likeness (QED) is 0.703. The average Bonchev–Trinajstić information content (AvgIpc) is 2.42. The molecule has 1 heterocycles. The molecule has 1 aromatic rings. The molecule has 0 N–H and O–H groups in total. The number of rotatable bonds is 1. The van der Waals surface area contributed by atoms with Crippen LogP contribution >= 0.6 is 0 Å². The molecule has 1 atom stereocenters. The second kappa shape index (κ2) is 3.46. The molecule has 0 aromatic heterocycles. The Kier molecular flexibility index (Phi) is 2.39. The molecule has 2 rings (SSSR count). The second-order valence-corrected chi connectivity index (χ2v) is 4.65. The summed E-state index contributed by atoms with van der Waals surface area (Å²) in [5, 5.41) is 0. The van der Waals surface area contributed by atoms with Gasteiger partial charge in [-0.1, -0.05) is 29.8 Å². The minimum Gasteiger partial charge on any atom is -0.359 e. The average molecular weight is 204 g/mol. The minimum absolute atomic E-state index is 0.0619. The maximum absolute atomic E-state index is 11.6. The lowest BCUT2D eigenvalue weighted by molar-refractivity contribution is -0.129. The van der Waals surface area contributed by atoms with Gasteiger partial charge in [-0.2, -0.15) is 0 Å². The van der Waals surface area contributed by atoms with E-state index in [-0.39, 0.29) is 11.9 Å². The van der Waals surface area contributed by atoms with E-state index in [0.717, 1.165) is 5.56 Å². The monoisotopic (exact) mass is 204 g/mol. The Morgan fingerprint density at radius 1 is 1.27 bits per heavy atom. The van der Waals surface area contributed by atoms with Gasteiger partial charge in [0.25, 0.3) is 0 Å². The molecule has 1 aromatic carbocycles. The zero-order valence-corrected chi connectivity index (χ0v) is 9.41. The van der Waals surface area contributed by atoms with Gasteiger partial charge >= 0.3 is 0 Å². The first-order chi connectivity index (χ1) is 6.99. The van der Waals surface area contributed by atoms with E-state index in [0.29, 0.717) is 6.42 Å². The fourth-order valence-electron chi connectivity index (χ4n) is 1.84. The van der Waals surface area contributed by atoms with E-state index in [1.165, 1.54) is 5.56 Å². The van der Waals surface area contributed by atoms with Gasteiger partial charge in [0, 0.05) is 6.42 Å². The Balaban J connectivity index is 2.21. The summed E-state index contributed by atoms with van der Waals surface area (Å²) in [6.45, 7) is 5.72. The zero-order valence-electron chi connectivity index (χ0n) is 9.41. The highest BCUT2D eigenvalue weighted by molar-refractivity contribution is 5.88. The number of ketones is 1. The van der Waals surface area contributed by atoms with Crippen molar-refractivity contribution in [2.75, 3.05) is 0 Å². The van der Waals surface area contributed by atoms with Crippen LogP contribution in [0.15, 0.2) is 24.3 Å². The lowest BCUT2D eigenvalue weighted by atomic mass is 10.0. The molecular weight excluding hydrogens is 188 g/mol. The van der Waals surface area contributed by atoms with Crippen LogP contribution in [-0.2, 0) is 9.53 Å². The fourth-order valence-corrected chi connectivity index (χ4v) is 1.84. The number of hydrogen-bond donors (Lipinski definition) is 0. The fraction of sp³-hybridized carbons (Fsp3) is 0.462. The van der Waals surface area contributed by atoms with Crippen molar-refractivity contribution in [2.45, 2.75) is 38.9 Å². The lowest BCUT2D eigenvalue weighted by Crippen LogP contribution is -2.26. The summed E-state index contributed by atoms with van der Waals surface area (Å²) in [6.07, 6.45) is 0.434. The highest BCUT2D eigenvalue weighted by Gasteiger charge is 2.40. The van der Waals surface area contributed by atoms with Crippen LogP contribution < -0.4 is 0 Å². The highest BCUT2D eigenvalue weighted by Crippen LogP contribution is 2.36. The summed E-state index contributed by atoms with van der Waals surface area (Å²) in [4.78, 5) is 11.6. The van der Waals surface area contributed by atoms with Crippen molar-refractivity contribution in [1.29, 1.82) is 0 Å². The van der Waals surface area contributed by atoms with Gasteiger partial charge in [0.15, 0.2) is 5.78 Å². The molecule has 0 saturated carbocycles. The Morgan fingerprint density at radius 2 is 1.87 bits per heavy atom. The van der Waals surface area contributed by atoms with Crippen LogP contribution in [0.4, 0.5) is 0 Å². The summed E-state index contributed by atoms with van der Waals surface area (Å²) in [6, 6.07) is 8.17. The molecule has 1 saturated heterocycles. The van der Waals surface area contributed by atoms with Crippen molar-refractivity contribution in [1.82, 2.24) is 0 Å². The maximum Gasteiger partial charge on any atom is 0.167 e. The van der Waals surface area contributed by atoms with Gasteiger partial charge in [-0.05, 0) is 26.3 Å². The van der Waals surface area contributed by atoms with Crippen LogP contribution in [0.1, 0.15) is 37.5 Å². The number of hydrogen-bond acceptors (Lipinski definition) is 2. The van der Waals surface area contributed by atoms with E-state index in [2.05, 4.69) is 12.1 Å². The van der Waals surface area contributed by atoms with Crippen LogP contribution in [0.3, 0.4) is 0 Å². The molecule has 1 fully saturated rings. The Labute approximate surface area is 90.3 Å². The van der Waals surface area contributed by atoms with Crippen LogP contribution in [0.5, 0.6) is 0 Å². The van der Waals surface area contributed by atoms with Gasteiger partial charge < -0.3 is 4.74 Å². The van der Waals surface area contributed by atoms with Crippen molar-refractivity contribution in [3.8, 4) is 0 Å². The lowest BCUT2D eigenvalue weighted by Gasteiger charge is -2.17. The molecule has 2 heteroatoms. The third-order valence-corrected chi connectivity index (χ3v) is 2.93. The summed E-state index contributed by atoms with van der Waals surface area (Å²) >= 11 is 0. The van der Waals surface area contributed by atoms with Crippen molar-refractivity contribution >= 4 is 5.78 Å². The number of carbonyl (C=O) groups is 1. The standard InChI is InChI=1S/C13H16O2/c1-9-4-6-10(7-5-9)11-8-12(14)13(2,3)15-11/h4-7,11H,8H2,1-3H3. The van der Waals surface area contributed by atoms with Crippen molar-refractivity contribution in [3.63, 3.8) is 0 Å². The Bertz CT molecular complexity index is 376. The van der Waals surface area contributed by atoms with Gasteiger partial charge in [-0.25, -0.2) is 0 Å². The Hall–Kier alpha value is -1.15. The minimum atomic E-state index is -0.616. The molecule has 15 heavy (non-hydrogen) atoms. The number of aryl methyl sites for hydroxylation is 1. The molecule has 80 valence electrons. The first-order valence-corrected chi connectivity index (χ1v) is 5.27. The number of ether oxygens (including phenoxy) is 1. The van der Waals surface area contributed by atoms with Gasteiger partial charge in [-0.3, -0.25) is 4.79 Å². The molecule has 1 aliphatic heterocycles. The normalized spacial score (nSPS) is 24.5. The maximum atomic E-state index is 11.6.